The molecular formula is C19H31NO. The van der Waals surface area contributed by atoms with Gasteiger partial charge >= 0.3 is 0 Å². The van der Waals surface area contributed by atoms with Gasteiger partial charge in [0.25, 0.3) is 0 Å². The van der Waals surface area contributed by atoms with Gasteiger partial charge in [-0.05, 0) is 45.7 Å². The summed E-state index contributed by atoms with van der Waals surface area (Å²) < 4.78 is 0. The van der Waals surface area contributed by atoms with Crippen molar-refractivity contribution < 1.29 is 4.79 Å². The summed E-state index contributed by atoms with van der Waals surface area (Å²) in [6.45, 7) is 11.7. The van der Waals surface area contributed by atoms with Crippen LogP contribution in [0.2, 0.25) is 0 Å². The Kier molecular flexibility index (Phi) is 7.66. The van der Waals surface area contributed by atoms with E-state index in [1.165, 1.54) is 24.8 Å². The molecule has 0 heterocycles. The predicted molar refractivity (Wildman–Crippen MR) is 91.0 cm³/mol. The fourth-order valence-electron chi connectivity index (χ4n) is 2.74. The van der Waals surface area contributed by atoms with Crippen molar-refractivity contribution in [2.24, 2.45) is 0 Å². The van der Waals surface area contributed by atoms with Gasteiger partial charge in [-0.25, -0.2) is 0 Å². The monoisotopic (exact) mass is 289 g/mol. The van der Waals surface area contributed by atoms with E-state index < -0.39 is 0 Å². The number of carbonyl (C=O) groups is 1. The van der Waals surface area contributed by atoms with Crippen LogP contribution in [0.15, 0.2) is 24.3 Å². The molecule has 118 valence electrons. The molecule has 0 aliphatic carbocycles. The van der Waals surface area contributed by atoms with E-state index in [9.17, 15) is 4.79 Å². The number of benzene rings is 1. The quantitative estimate of drug-likeness (QED) is 0.484. The molecule has 0 aliphatic heterocycles. The summed E-state index contributed by atoms with van der Waals surface area (Å²) in [5.41, 5.74) is 2.11. The van der Waals surface area contributed by atoms with Gasteiger partial charge in [-0.2, -0.15) is 0 Å². The normalized spacial score (nSPS) is 12.9. The number of unbranched alkanes of at least 4 members (excludes halogenated alkanes) is 2. The first-order valence-electron chi connectivity index (χ1n) is 8.40. The molecule has 1 aromatic rings. The molecule has 0 amide bonds. The van der Waals surface area contributed by atoms with Crippen LogP contribution in [0.5, 0.6) is 0 Å². The number of hydrogen-bond donors (Lipinski definition) is 0. The molecule has 0 fully saturated rings. The molecular weight excluding hydrogens is 258 g/mol. The molecule has 1 aromatic carbocycles. The maximum absolute atomic E-state index is 12.7. The number of aryl methyl sites for hydroxylation is 1. The van der Waals surface area contributed by atoms with Gasteiger partial charge in [0, 0.05) is 11.6 Å². The molecule has 21 heavy (non-hydrogen) atoms. The van der Waals surface area contributed by atoms with Crippen LogP contribution in [0.25, 0.3) is 0 Å². The maximum atomic E-state index is 12.7. The lowest BCUT2D eigenvalue weighted by molar-refractivity contribution is 0.0785. The van der Waals surface area contributed by atoms with E-state index in [1.807, 2.05) is 19.1 Å². The highest BCUT2D eigenvalue weighted by atomic mass is 16.1. The summed E-state index contributed by atoms with van der Waals surface area (Å²) >= 11 is 0. The fraction of sp³-hybridized carbons (Fsp3) is 0.632. The molecule has 0 spiro atoms. The van der Waals surface area contributed by atoms with Gasteiger partial charge in [0.1, 0.15) is 0 Å². The second-order valence-corrected chi connectivity index (χ2v) is 6.13. The Labute approximate surface area is 130 Å². The van der Waals surface area contributed by atoms with Crippen molar-refractivity contribution in [1.29, 1.82) is 0 Å². The van der Waals surface area contributed by atoms with Gasteiger partial charge < -0.3 is 0 Å². The average molecular weight is 289 g/mol. The zero-order valence-corrected chi connectivity index (χ0v) is 14.4. The minimum Gasteiger partial charge on any atom is -0.292 e. The van der Waals surface area contributed by atoms with Crippen LogP contribution in [0.1, 0.15) is 69.8 Å². The molecule has 1 atom stereocenters. The number of nitrogens with zero attached hydrogens (tertiary/aromatic N) is 1. The van der Waals surface area contributed by atoms with Gasteiger partial charge in [-0.1, -0.05) is 51.0 Å². The molecule has 0 aromatic heterocycles. The fourth-order valence-corrected chi connectivity index (χ4v) is 2.74. The van der Waals surface area contributed by atoms with Gasteiger partial charge in [0.05, 0.1) is 6.04 Å². The Bertz CT molecular complexity index is 422. The number of Topliss-reactive ketones (excluding diaryl/α,β-unsaturated/α-hetero) is 1. The second kappa shape index (κ2) is 8.99. The lowest BCUT2D eigenvalue weighted by Crippen LogP contribution is -2.44. The zero-order chi connectivity index (χ0) is 15.8. The number of rotatable bonds is 9. The number of ketones is 1. The Balaban J connectivity index is 2.76. The number of carbonyl (C=O) groups excluding carboxylic acids is 1. The van der Waals surface area contributed by atoms with Gasteiger partial charge in [-0.15, -0.1) is 0 Å². The van der Waals surface area contributed by atoms with Crippen molar-refractivity contribution in [1.82, 2.24) is 4.90 Å². The molecule has 1 rings (SSSR count). The summed E-state index contributed by atoms with van der Waals surface area (Å²) in [6.07, 6.45) is 4.63. The highest BCUT2D eigenvalue weighted by Gasteiger charge is 2.24. The largest absolute Gasteiger partial charge is 0.292 e. The van der Waals surface area contributed by atoms with E-state index in [-0.39, 0.29) is 11.8 Å². The summed E-state index contributed by atoms with van der Waals surface area (Å²) in [6, 6.07) is 8.43. The lowest BCUT2D eigenvalue weighted by atomic mass is 10.0. The van der Waals surface area contributed by atoms with E-state index in [4.69, 9.17) is 0 Å². The predicted octanol–water partition coefficient (Wildman–Crippen LogP) is 4.72. The molecule has 1 unspecified atom stereocenters. The van der Waals surface area contributed by atoms with Gasteiger partial charge in [-0.3, -0.25) is 9.69 Å². The van der Waals surface area contributed by atoms with E-state index in [1.54, 1.807) is 0 Å². The topological polar surface area (TPSA) is 20.3 Å². The third kappa shape index (κ3) is 5.28. The van der Waals surface area contributed by atoms with Crippen molar-refractivity contribution in [2.75, 3.05) is 6.54 Å². The highest BCUT2D eigenvalue weighted by molar-refractivity contribution is 5.99. The Hall–Kier alpha value is -1.15. The third-order valence-electron chi connectivity index (χ3n) is 4.21. The highest BCUT2D eigenvalue weighted by Crippen LogP contribution is 2.15. The number of hydrogen-bond acceptors (Lipinski definition) is 2. The van der Waals surface area contributed by atoms with Crippen LogP contribution in [-0.4, -0.2) is 29.3 Å². The van der Waals surface area contributed by atoms with Crippen LogP contribution in [0.3, 0.4) is 0 Å². The van der Waals surface area contributed by atoms with Crippen LogP contribution < -0.4 is 0 Å². The van der Waals surface area contributed by atoms with Crippen molar-refractivity contribution >= 4 is 5.78 Å². The lowest BCUT2D eigenvalue weighted by Gasteiger charge is -2.32. The minimum atomic E-state index is -0.0469. The Morgan fingerprint density at radius 2 is 1.67 bits per heavy atom. The zero-order valence-electron chi connectivity index (χ0n) is 14.4. The maximum Gasteiger partial charge on any atom is 0.179 e. The van der Waals surface area contributed by atoms with Crippen LogP contribution in [0.4, 0.5) is 0 Å². The van der Waals surface area contributed by atoms with Crippen LogP contribution in [0, 0.1) is 0 Å². The molecule has 0 bridgehead atoms. The van der Waals surface area contributed by atoms with Crippen molar-refractivity contribution in [3.63, 3.8) is 0 Å². The minimum absolute atomic E-state index is 0.0469. The summed E-state index contributed by atoms with van der Waals surface area (Å²) in [5.74, 6) is 0.239. The molecule has 0 aliphatic rings. The molecule has 2 heteroatoms. The van der Waals surface area contributed by atoms with Gasteiger partial charge in [0.2, 0.25) is 0 Å². The van der Waals surface area contributed by atoms with Crippen LogP contribution in [-0.2, 0) is 6.42 Å². The van der Waals surface area contributed by atoms with Crippen molar-refractivity contribution in [2.45, 2.75) is 72.4 Å². The van der Waals surface area contributed by atoms with E-state index in [0.29, 0.717) is 6.04 Å². The summed E-state index contributed by atoms with van der Waals surface area (Å²) in [4.78, 5) is 15.0. The summed E-state index contributed by atoms with van der Waals surface area (Å²) in [5, 5.41) is 0. The first kappa shape index (κ1) is 17.9. The SMILES string of the molecule is CCCCCN(C(C)C)C(C)C(=O)c1ccc(CC)cc1. The van der Waals surface area contributed by atoms with Gasteiger partial charge in [0.15, 0.2) is 5.78 Å². The van der Waals surface area contributed by atoms with E-state index in [2.05, 4.69) is 44.7 Å². The van der Waals surface area contributed by atoms with E-state index in [0.717, 1.165) is 18.5 Å². The standard InChI is InChI=1S/C19H31NO/c1-6-8-9-14-20(15(3)4)16(5)19(21)18-12-10-17(7-2)11-13-18/h10-13,15-16H,6-9,14H2,1-5H3. The Morgan fingerprint density at radius 1 is 1.05 bits per heavy atom. The Morgan fingerprint density at radius 3 is 2.14 bits per heavy atom. The molecule has 0 radical (unpaired) electrons. The molecule has 0 saturated heterocycles. The van der Waals surface area contributed by atoms with E-state index >= 15 is 0 Å². The third-order valence-corrected chi connectivity index (χ3v) is 4.21. The molecule has 2 nitrogen and oxygen atoms in total. The van der Waals surface area contributed by atoms with Crippen molar-refractivity contribution in [3.05, 3.63) is 35.4 Å². The smallest absolute Gasteiger partial charge is 0.179 e. The summed E-state index contributed by atoms with van der Waals surface area (Å²) in [7, 11) is 0. The molecule has 0 saturated carbocycles. The van der Waals surface area contributed by atoms with Crippen LogP contribution >= 0.6 is 0 Å². The first-order valence-corrected chi connectivity index (χ1v) is 8.40. The first-order chi connectivity index (χ1) is 10.0. The molecule has 0 N–H and O–H groups in total. The van der Waals surface area contributed by atoms with Crippen molar-refractivity contribution in [3.8, 4) is 0 Å². The second-order valence-electron chi connectivity index (χ2n) is 6.13. The average Bonchev–Trinajstić information content (AvgIpc) is 2.50.